The van der Waals surface area contributed by atoms with Gasteiger partial charge in [0.2, 0.25) is 0 Å². The van der Waals surface area contributed by atoms with Gasteiger partial charge in [-0.3, -0.25) is 0 Å². The zero-order valence-electron chi connectivity index (χ0n) is 5.72. The third kappa shape index (κ3) is 2.28. The molecule has 0 amide bonds. The summed E-state index contributed by atoms with van der Waals surface area (Å²) in [6.07, 6.45) is 1.11. The standard InChI is InChI=1S/C6H15NO/c1-3-5(2)6(7)4-8/h5-6,8H,3-4,7H2,1-2H3/p+1/t5-,6+/m1/s1. The molecule has 0 aromatic heterocycles. The Morgan fingerprint density at radius 2 is 2.12 bits per heavy atom. The van der Waals surface area contributed by atoms with Gasteiger partial charge in [0.05, 0.1) is 6.61 Å². The first-order valence-electron chi connectivity index (χ1n) is 3.16. The summed E-state index contributed by atoms with van der Waals surface area (Å²) in [6, 6.07) is 0.222. The van der Waals surface area contributed by atoms with E-state index in [2.05, 4.69) is 19.6 Å². The van der Waals surface area contributed by atoms with E-state index in [4.69, 9.17) is 5.11 Å². The first-order valence-corrected chi connectivity index (χ1v) is 3.16. The highest BCUT2D eigenvalue weighted by molar-refractivity contribution is 4.57. The average Bonchev–Trinajstić information content (AvgIpc) is 1.84. The fourth-order valence-electron chi connectivity index (χ4n) is 0.513. The number of hydrogen-bond donors (Lipinski definition) is 2. The van der Waals surface area contributed by atoms with Crippen LogP contribution in [-0.2, 0) is 0 Å². The van der Waals surface area contributed by atoms with Gasteiger partial charge in [-0.15, -0.1) is 0 Å². The van der Waals surface area contributed by atoms with Gasteiger partial charge in [-0.2, -0.15) is 0 Å². The van der Waals surface area contributed by atoms with Crippen molar-refractivity contribution in [2.45, 2.75) is 26.3 Å². The van der Waals surface area contributed by atoms with Gasteiger partial charge >= 0.3 is 0 Å². The smallest absolute Gasteiger partial charge is 0.110 e. The van der Waals surface area contributed by atoms with Gasteiger partial charge in [0, 0.05) is 5.92 Å². The number of quaternary nitrogens is 1. The Balaban J connectivity index is 3.29. The largest absolute Gasteiger partial charge is 0.390 e. The molecule has 0 saturated carbocycles. The lowest BCUT2D eigenvalue weighted by Gasteiger charge is -2.10. The summed E-state index contributed by atoms with van der Waals surface area (Å²) in [7, 11) is 0. The molecular weight excluding hydrogens is 102 g/mol. The quantitative estimate of drug-likeness (QED) is 0.522. The first kappa shape index (κ1) is 7.92. The Labute approximate surface area is 50.7 Å². The third-order valence-electron chi connectivity index (χ3n) is 1.68. The lowest BCUT2D eigenvalue weighted by atomic mass is 10.0. The van der Waals surface area contributed by atoms with Crippen LogP contribution in [0.15, 0.2) is 0 Å². The highest BCUT2D eigenvalue weighted by Gasteiger charge is 2.11. The summed E-state index contributed by atoms with van der Waals surface area (Å²) >= 11 is 0. The van der Waals surface area contributed by atoms with Crippen LogP contribution in [0.25, 0.3) is 0 Å². The molecule has 0 fully saturated rings. The molecule has 0 aliphatic carbocycles. The molecule has 2 nitrogen and oxygen atoms in total. The minimum absolute atomic E-state index is 0.217. The predicted octanol–water partition coefficient (Wildman–Crippen LogP) is -0.365. The molecule has 50 valence electrons. The van der Waals surface area contributed by atoms with E-state index in [0.717, 1.165) is 6.42 Å². The molecule has 0 aliphatic rings. The van der Waals surface area contributed by atoms with Crippen LogP contribution in [0.1, 0.15) is 20.3 Å². The number of aliphatic hydroxyl groups excluding tert-OH is 1. The zero-order valence-corrected chi connectivity index (χ0v) is 5.72. The van der Waals surface area contributed by atoms with Crippen molar-refractivity contribution in [2.24, 2.45) is 5.92 Å². The van der Waals surface area contributed by atoms with Crippen molar-refractivity contribution in [3.63, 3.8) is 0 Å². The van der Waals surface area contributed by atoms with Crippen molar-refractivity contribution in [1.82, 2.24) is 0 Å². The molecule has 0 radical (unpaired) electrons. The molecule has 0 unspecified atom stereocenters. The molecule has 0 spiro atoms. The van der Waals surface area contributed by atoms with E-state index in [9.17, 15) is 0 Å². The van der Waals surface area contributed by atoms with E-state index in [1.807, 2.05) is 0 Å². The van der Waals surface area contributed by atoms with Crippen LogP contribution in [0.4, 0.5) is 0 Å². The molecule has 8 heavy (non-hydrogen) atoms. The fraction of sp³-hybridized carbons (Fsp3) is 1.00. The van der Waals surface area contributed by atoms with Gasteiger partial charge in [-0.25, -0.2) is 0 Å². The predicted molar refractivity (Wildman–Crippen MR) is 33.2 cm³/mol. The maximum absolute atomic E-state index is 8.57. The molecule has 0 saturated heterocycles. The van der Waals surface area contributed by atoms with Crippen LogP contribution >= 0.6 is 0 Å². The van der Waals surface area contributed by atoms with Crippen LogP contribution in [0.5, 0.6) is 0 Å². The SMILES string of the molecule is CC[C@@H](C)[C@@H]([NH3+])CO. The molecule has 4 N–H and O–H groups in total. The Hall–Kier alpha value is -0.0800. The lowest BCUT2D eigenvalue weighted by molar-refractivity contribution is -0.437. The fourth-order valence-corrected chi connectivity index (χ4v) is 0.513. The summed E-state index contributed by atoms with van der Waals surface area (Å²) in [6.45, 7) is 4.43. The van der Waals surface area contributed by atoms with E-state index < -0.39 is 0 Å². The molecule has 0 rings (SSSR count). The summed E-state index contributed by atoms with van der Waals surface area (Å²) in [5.74, 6) is 0.556. The second kappa shape index (κ2) is 3.87. The second-order valence-electron chi connectivity index (χ2n) is 2.33. The number of rotatable bonds is 3. The van der Waals surface area contributed by atoms with E-state index in [1.165, 1.54) is 0 Å². The van der Waals surface area contributed by atoms with Crippen LogP contribution in [0.3, 0.4) is 0 Å². The van der Waals surface area contributed by atoms with Crippen molar-refractivity contribution in [2.75, 3.05) is 6.61 Å². The highest BCUT2D eigenvalue weighted by Crippen LogP contribution is 2.01. The Bertz CT molecular complexity index is 48.5. The molecular formula is C6H16NO+. The highest BCUT2D eigenvalue weighted by atomic mass is 16.3. The van der Waals surface area contributed by atoms with Crippen LogP contribution in [-0.4, -0.2) is 17.8 Å². The number of hydrogen-bond acceptors (Lipinski definition) is 1. The normalized spacial score (nSPS) is 18.0. The van der Waals surface area contributed by atoms with E-state index in [0.29, 0.717) is 5.92 Å². The second-order valence-corrected chi connectivity index (χ2v) is 2.33. The van der Waals surface area contributed by atoms with Crippen molar-refractivity contribution in [3.8, 4) is 0 Å². The van der Waals surface area contributed by atoms with E-state index in [1.54, 1.807) is 0 Å². The summed E-state index contributed by atoms with van der Waals surface area (Å²) < 4.78 is 0. The first-order chi connectivity index (χ1) is 3.72. The van der Waals surface area contributed by atoms with Gasteiger partial charge < -0.3 is 10.8 Å². The van der Waals surface area contributed by atoms with Gasteiger partial charge in [0.25, 0.3) is 0 Å². The molecule has 2 heteroatoms. The maximum Gasteiger partial charge on any atom is 0.110 e. The summed E-state index contributed by atoms with van der Waals surface area (Å²) in [5, 5.41) is 8.57. The topological polar surface area (TPSA) is 47.9 Å². The summed E-state index contributed by atoms with van der Waals surface area (Å²) in [5.41, 5.74) is 3.78. The molecule has 2 atom stereocenters. The Morgan fingerprint density at radius 1 is 1.62 bits per heavy atom. The Kier molecular flexibility index (Phi) is 3.83. The minimum Gasteiger partial charge on any atom is -0.390 e. The van der Waals surface area contributed by atoms with Crippen LogP contribution < -0.4 is 5.73 Å². The minimum atomic E-state index is 0.217. The molecule has 0 aromatic rings. The van der Waals surface area contributed by atoms with Gasteiger partial charge in [0.1, 0.15) is 6.04 Å². The molecule has 0 aliphatic heterocycles. The van der Waals surface area contributed by atoms with Gasteiger partial charge in [-0.1, -0.05) is 13.8 Å². The Morgan fingerprint density at radius 3 is 2.25 bits per heavy atom. The van der Waals surface area contributed by atoms with Crippen molar-refractivity contribution in [1.29, 1.82) is 0 Å². The van der Waals surface area contributed by atoms with Gasteiger partial charge in [0.15, 0.2) is 0 Å². The summed E-state index contributed by atoms with van der Waals surface area (Å²) in [4.78, 5) is 0. The third-order valence-corrected chi connectivity index (χ3v) is 1.68. The van der Waals surface area contributed by atoms with Crippen molar-refractivity contribution in [3.05, 3.63) is 0 Å². The van der Waals surface area contributed by atoms with Crippen LogP contribution in [0, 0.1) is 5.92 Å². The number of aliphatic hydroxyl groups is 1. The van der Waals surface area contributed by atoms with E-state index >= 15 is 0 Å². The molecule has 0 aromatic carbocycles. The maximum atomic E-state index is 8.57. The lowest BCUT2D eigenvalue weighted by Crippen LogP contribution is -2.65. The van der Waals surface area contributed by atoms with Crippen molar-refractivity contribution >= 4 is 0 Å². The van der Waals surface area contributed by atoms with E-state index in [-0.39, 0.29) is 12.6 Å². The molecule has 0 heterocycles. The van der Waals surface area contributed by atoms with Gasteiger partial charge in [-0.05, 0) is 6.42 Å². The average molecular weight is 118 g/mol. The molecule has 0 bridgehead atoms. The van der Waals surface area contributed by atoms with Crippen molar-refractivity contribution < 1.29 is 10.8 Å². The van der Waals surface area contributed by atoms with Crippen LogP contribution in [0.2, 0.25) is 0 Å². The zero-order chi connectivity index (χ0) is 6.57. The monoisotopic (exact) mass is 118 g/mol.